The van der Waals surface area contributed by atoms with Gasteiger partial charge in [0.1, 0.15) is 0 Å². The Bertz CT molecular complexity index is 252. The van der Waals surface area contributed by atoms with Crippen LogP contribution in [0.1, 0.15) is 12.8 Å². The van der Waals surface area contributed by atoms with E-state index in [1.165, 1.54) is 0 Å². The quantitative estimate of drug-likeness (QED) is 0.547. The van der Waals surface area contributed by atoms with Crippen LogP contribution in [0.5, 0.6) is 0 Å². The molecule has 0 aliphatic heterocycles. The van der Waals surface area contributed by atoms with Crippen LogP contribution >= 0.6 is 15.9 Å². The average molecular weight is 353 g/mol. The van der Waals surface area contributed by atoms with E-state index in [0.29, 0.717) is 0 Å². The Morgan fingerprint density at radius 1 is 0.722 bits per heavy atom. The second-order valence-electron chi connectivity index (χ2n) is 3.47. The normalized spacial score (nSPS) is 15.0. The fraction of sp³-hybridized carbons (Fsp3) is 1.00. The number of aliphatic hydroxyl groups is 1. The molecule has 110 valence electrons. The molecule has 0 amide bonds. The van der Waals surface area contributed by atoms with Crippen LogP contribution < -0.4 is 0 Å². The van der Waals surface area contributed by atoms with Crippen molar-refractivity contribution < 1.29 is 40.2 Å². The van der Waals surface area contributed by atoms with Gasteiger partial charge in [-0.1, -0.05) is 15.9 Å². The highest BCUT2D eigenvalue weighted by Gasteiger charge is 2.79. The Morgan fingerprint density at radius 3 is 1.33 bits per heavy atom. The van der Waals surface area contributed by atoms with Crippen molar-refractivity contribution >= 4 is 15.9 Å². The van der Waals surface area contributed by atoms with Crippen LogP contribution in [0.4, 0.5) is 35.1 Å². The zero-order chi connectivity index (χ0) is 14.8. The number of rotatable bonds is 7. The maximum Gasteiger partial charge on any atom is 0.378 e. The molecule has 0 aromatic rings. The van der Waals surface area contributed by atoms with Crippen LogP contribution in [0.15, 0.2) is 0 Å². The van der Waals surface area contributed by atoms with Gasteiger partial charge in [-0.2, -0.15) is 35.1 Å². The molecule has 1 nitrogen and oxygen atoms in total. The van der Waals surface area contributed by atoms with Crippen LogP contribution in [-0.2, 0) is 0 Å². The first kappa shape index (κ1) is 17.9. The molecule has 0 saturated carbocycles. The third kappa shape index (κ3) is 2.89. The molecule has 0 saturated heterocycles. The van der Waals surface area contributed by atoms with Crippen LogP contribution in [-0.4, -0.2) is 40.7 Å². The predicted octanol–water partition coefficient (Wildman–Crippen LogP) is 3.70. The van der Waals surface area contributed by atoms with Gasteiger partial charge in [0.15, 0.2) is 0 Å². The van der Waals surface area contributed by atoms with Crippen molar-refractivity contribution in [3.63, 3.8) is 0 Å². The second-order valence-corrected chi connectivity index (χ2v) is 4.26. The number of hydrogen-bond donors (Lipinski definition) is 1. The molecule has 0 fully saturated rings. The Morgan fingerprint density at radius 2 is 1.06 bits per heavy atom. The van der Waals surface area contributed by atoms with E-state index in [-0.39, 0.29) is 0 Å². The molecule has 1 N–H and O–H groups in total. The summed E-state index contributed by atoms with van der Waals surface area (Å²) in [6.45, 7) is -1.54. The number of aliphatic hydroxyl groups excluding tert-OH is 1. The van der Waals surface area contributed by atoms with Crippen molar-refractivity contribution in [3.8, 4) is 0 Å². The second kappa shape index (κ2) is 5.48. The third-order valence-corrected chi connectivity index (χ3v) is 2.54. The first-order valence-corrected chi connectivity index (χ1v) is 5.67. The predicted molar refractivity (Wildman–Crippen MR) is 49.9 cm³/mol. The summed E-state index contributed by atoms with van der Waals surface area (Å²) in [6.07, 6.45) is -3.77. The molecule has 0 aliphatic carbocycles. The van der Waals surface area contributed by atoms with E-state index in [4.69, 9.17) is 5.11 Å². The molecule has 18 heavy (non-hydrogen) atoms. The van der Waals surface area contributed by atoms with Gasteiger partial charge in [0.25, 0.3) is 0 Å². The van der Waals surface area contributed by atoms with Crippen LogP contribution in [0.2, 0.25) is 0 Å². The van der Waals surface area contributed by atoms with Gasteiger partial charge >= 0.3 is 23.7 Å². The van der Waals surface area contributed by atoms with Gasteiger partial charge in [-0.15, -0.1) is 0 Å². The highest BCUT2D eigenvalue weighted by atomic mass is 79.9. The lowest BCUT2D eigenvalue weighted by atomic mass is 9.95. The maximum atomic E-state index is 12.9. The van der Waals surface area contributed by atoms with Gasteiger partial charge in [0, 0.05) is 24.8 Å². The van der Waals surface area contributed by atoms with Crippen LogP contribution in [0.3, 0.4) is 0 Å². The summed E-state index contributed by atoms with van der Waals surface area (Å²) in [7, 11) is 0. The van der Waals surface area contributed by atoms with Gasteiger partial charge in [0.05, 0.1) is 0 Å². The molecular weight excluding hydrogens is 344 g/mol. The Kier molecular flexibility index (Phi) is 5.44. The highest BCUT2D eigenvalue weighted by Crippen LogP contribution is 2.54. The summed E-state index contributed by atoms with van der Waals surface area (Å²) >= 11 is 2.34. The lowest BCUT2D eigenvalue weighted by Gasteiger charge is -2.36. The van der Waals surface area contributed by atoms with Crippen molar-refractivity contribution in [2.24, 2.45) is 0 Å². The Hall–Kier alpha value is -0.120. The molecule has 0 unspecified atom stereocenters. The van der Waals surface area contributed by atoms with E-state index in [0.717, 1.165) is 0 Å². The molecule has 0 aromatic heterocycles. The summed E-state index contributed by atoms with van der Waals surface area (Å²) in [6, 6.07) is 0. The standard InChI is InChI=1S/C8H9BrF8O/c9-3-1-5(10,11)7(14,15)8(16,17)6(12,13)2-4-18/h18H,1-4H2. The number of halogens is 9. The largest absolute Gasteiger partial charge is 0.396 e. The summed E-state index contributed by atoms with van der Waals surface area (Å²) < 4.78 is 103. The van der Waals surface area contributed by atoms with E-state index in [9.17, 15) is 35.1 Å². The van der Waals surface area contributed by atoms with Crippen molar-refractivity contribution in [1.29, 1.82) is 0 Å². The van der Waals surface area contributed by atoms with Gasteiger partial charge in [-0.25, -0.2) is 0 Å². The molecular formula is C8H9BrF8O. The zero-order valence-corrected chi connectivity index (χ0v) is 10.3. The Labute approximate surface area is 105 Å². The van der Waals surface area contributed by atoms with Crippen LogP contribution in [0.25, 0.3) is 0 Å². The van der Waals surface area contributed by atoms with Gasteiger partial charge in [0.2, 0.25) is 0 Å². The van der Waals surface area contributed by atoms with E-state index in [1.54, 1.807) is 0 Å². The molecule has 0 bridgehead atoms. The van der Waals surface area contributed by atoms with Crippen LogP contribution in [0, 0.1) is 0 Å². The lowest BCUT2D eigenvalue weighted by molar-refractivity contribution is -0.367. The molecule has 0 rings (SSSR count). The molecule has 0 radical (unpaired) electrons. The monoisotopic (exact) mass is 352 g/mol. The maximum absolute atomic E-state index is 12.9. The summed E-state index contributed by atoms with van der Waals surface area (Å²) in [5, 5.41) is 7.32. The highest BCUT2D eigenvalue weighted by molar-refractivity contribution is 9.09. The van der Waals surface area contributed by atoms with E-state index < -0.39 is 48.5 Å². The molecule has 0 aliphatic rings. The molecule has 0 heterocycles. The first-order valence-electron chi connectivity index (χ1n) is 4.55. The fourth-order valence-corrected chi connectivity index (χ4v) is 1.53. The minimum absolute atomic E-state index is 0.767. The van der Waals surface area contributed by atoms with E-state index >= 15 is 0 Å². The smallest absolute Gasteiger partial charge is 0.378 e. The van der Waals surface area contributed by atoms with Gasteiger partial charge in [-0.05, 0) is 0 Å². The summed E-state index contributed by atoms with van der Waals surface area (Å²) in [4.78, 5) is 0. The zero-order valence-electron chi connectivity index (χ0n) is 8.68. The average Bonchev–Trinajstić information content (AvgIpc) is 2.16. The molecule has 0 aromatic carbocycles. The van der Waals surface area contributed by atoms with Crippen molar-refractivity contribution in [3.05, 3.63) is 0 Å². The minimum atomic E-state index is -6.27. The van der Waals surface area contributed by atoms with E-state index in [2.05, 4.69) is 15.9 Å². The minimum Gasteiger partial charge on any atom is -0.396 e. The molecule has 0 atom stereocenters. The number of hydrogen-bond acceptors (Lipinski definition) is 1. The van der Waals surface area contributed by atoms with Gasteiger partial charge < -0.3 is 5.11 Å². The summed E-state index contributed by atoms with van der Waals surface area (Å²) in [5.74, 6) is -23.2. The van der Waals surface area contributed by atoms with Gasteiger partial charge in [-0.3, -0.25) is 0 Å². The van der Waals surface area contributed by atoms with Crippen molar-refractivity contribution in [1.82, 2.24) is 0 Å². The fourth-order valence-electron chi connectivity index (χ4n) is 1.03. The first-order chi connectivity index (χ1) is 7.87. The van der Waals surface area contributed by atoms with Crippen molar-refractivity contribution in [2.75, 3.05) is 11.9 Å². The SMILES string of the molecule is OCCC(F)(F)C(F)(F)C(F)(F)C(F)(F)CCBr. The lowest BCUT2D eigenvalue weighted by Crippen LogP contribution is -2.62. The number of alkyl halides is 9. The Balaban J connectivity index is 5.43. The third-order valence-electron chi connectivity index (χ3n) is 2.15. The van der Waals surface area contributed by atoms with Crippen molar-refractivity contribution in [2.45, 2.75) is 36.5 Å². The molecule has 0 spiro atoms. The van der Waals surface area contributed by atoms with E-state index in [1.807, 2.05) is 0 Å². The topological polar surface area (TPSA) is 20.2 Å². The molecule has 10 heteroatoms. The summed E-state index contributed by atoms with van der Waals surface area (Å²) in [5.41, 5.74) is 0.